The Labute approximate surface area is 43.5 Å². The summed E-state index contributed by atoms with van der Waals surface area (Å²) in [4.78, 5) is 9.00. The van der Waals surface area contributed by atoms with E-state index in [1.54, 1.807) is 0 Å². The first kappa shape index (κ1) is 8.93. The molecular formula is C2H4O2Tc. The molecule has 0 heterocycles. The molecule has 0 rings (SSSR count). The third-order valence-electron chi connectivity index (χ3n) is 0. The Kier molecular flexibility index (Phi) is 7.36. The van der Waals surface area contributed by atoms with E-state index in [0.717, 1.165) is 6.92 Å². The number of carboxylic acid groups (broad SMARTS) is 1. The zero-order valence-corrected chi connectivity index (χ0v) is 4.59. The van der Waals surface area contributed by atoms with Gasteiger partial charge in [-0.25, -0.2) is 0 Å². The van der Waals surface area contributed by atoms with Crippen LogP contribution in [0.25, 0.3) is 0 Å². The molecule has 3 heteroatoms. The van der Waals surface area contributed by atoms with Crippen LogP contribution in [0.5, 0.6) is 0 Å². The molecule has 0 spiro atoms. The third kappa shape index (κ3) is 1300. The molecule has 0 fully saturated rings. The van der Waals surface area contributed by atoms with Gasteiger partial charge in [-0.05, 0) is 0 Å². The molecule has 0 bridgehead atoms. The quantitative estimate of drug-likeness (QED) is 0.542. The minimum Gasteiger partial charge on any atom is -0.481 e. The first-order chi connectivity index (χ1) is 1.73. The number of carboxylic acids is 1. The Morgan fingerprint density at radius 2 is 1.80 bits per heavy atom. The van der Waals surface area contributed by atoms with Gasteiger partial charge in [0.15, 0.2) is 0 Å². The van der Waals surface area contributed by atoms with Gasteiger partial charge in [-0.2, -0.15) is 0 Å². The number of carbonyl (C=O) groups is 1. The number of aliphatic carboxylic acids is 1. The molecule has 0 aliphatic rings. The predicted molar refractivity (Wildman–Crippen MR) is 13.3 cm³/mol. The normalized spacial score (nSPS) is 5.00. The van der Waals surface area contributed by atoms with Crippen molar-refractivity contribution in [1.82, 2.24) is 0 Å². The molecule has 1 N–H and O–H groups in total. The van der Waals surface area contributed by atoms with E-state index in [9.17, 15) is 0 Å². The Morgan fingerprint density at radius 3 is 1.80 bits per heavy atom. The van der Waals surface area contributed by atoms with Crippen LogP contribution in [0, 0.1) is 0 Å². The van der Waals surface area contributed by atoms with E-state index >= 15 is 0 Å². The Morgan fingerprint density at radius 1 is 1.80 bits per heavy atom. The third-order valence-corrected chi connectivity index (χ3v) is 0. The number of rotatable bonds is 0. The summed E-state index contributed by atoms with van der Waals surface area (Å²) in [5.74, 6) is -0.833. The van der Waals surface area contributed by atoms with Crippen LogP contribution in [0.15, 0.2) is 0 Å². The Bertz CT molecular complexity index is 30.6. The molecule has 0 aromatic carbocycles. The van der Waals surface area contributed by atoms with Crippen LogP contribution < -0.4 is 0 Å². The maximum absolute atomic E-state index is 9.00. The summed E-state index contributed by atoms with van der Waals surface area (Å²) < 4.78 is 0. The fraction of sp³-hybridized carbons (Fsp3) is 0.500. The second kappa shape index (κ2) is 4.12. The molecule has 0 saturated carbocycles. The number of hydrogen-bond acceptors (Lipinski definition) is 1. The molecule has 2 nitrogen and oxygen atoms in total. The maximum Gasteiger partial charge on any atom is 0.300 e. The number of hydrogen-bond donors (Lipinski definition) is 1. The second-order valence-corrected chi connectivity index (χ2v) is 0.519. The molecule has 0 atom stereocenters. The van der Waals surface area contributed by atoms with Crippen molar-refractivity contribution in [1.29, 1.82) is 0 Å². The van der Waals surface area contributed by atoms with Gasteiger partial charge in [0.05, 0.1) is 0 Å². The van der Waals surface area contributed by atoms with Crippen LogP contribution in [0.1, 0.15) is 6.92 Å². The zero-order valence-electron chi connectivity index (χ0n) is 2.73. The molecule has 0 unspecified atom stereocenters. The molecule has 1 radical (unpaired) electrons. The standard InChI is InChI=1S/C2H4O2.Tc/c1-2(3)4;/h1H3,(H,3,4);. The first-order valence-electron chi connectivity index (χ1n) is 0.928. The van der Waals surface area contributed by atoms with Gasteiger partial charge in [0.25, 0.3) is 5.97 Å². The minimum absolute atomic E-state index is 0. The van der Waals surface area contributed by atoms with Crippen molar-refractivity contribution in [2.24, 2.45) is 0 Å². The average molecular weight is 158 g/mol. The van der Waals surface area contributed by atoms with Gasteiger partial charge < -0.3 is 5.11 Å². The smallest absolute Gasteiger partial charge is 0.300 e. The van der Waals surface area contributed by atoms with E-state index in [1.807, 2.05) is 0 Å². The van der Waals surface area contributed by atoms with Gasteiger partial charge >= 0.3 is 0 Å². The van der Waals surface area contributed by atoms with Crippen molar-refractivity contribution in [2.45, 2.75) is 6.92 Å². The molecule has 0 aliphatic carbocycles. The van der Waals surface area contributed by atoms with Crippen LogP contribution in [-0.4, -0.2) is 11.1 Å². The summed E-state index contributed by atoms with van der Waals surface area (Å²) in [6.07, 6.45) is 0. The molecule has 0 aliphatic heterocycles. The zero-order chi connectivity index (χ0) is 3.58. The summed E-state index contributed by atoms with van der Waals surface area (Å²) in [6.45, 7) is 1.08. The van der Waals surface area contributed by atoms with Crippen molar-refractivity contribution in [3.05, 3.63) is 0 Å². The molecule has 31 valence electrons. The minimum atomic E-state index is -0.833. The molecule has 0 saturated heterocycles. The van der Waals surface area contributed by atoms with E-state index in [4.69, 9.17) is 9.90 Å². The summed E-state index contributed by atoms with van der Waals surface area (Å²) in [5, 5.41) is 7.42. The van der Waals surface area contributed by atoms with Crippen molar-refractivity contribution in [3.8, 4) is 0 Å². The van der Waals surface area contributed by atoms with Crippen LogP contribution in [0.3, 0.4) is 0 Å². The summed E-state index contributed by atoms with van der Waals surface area (Å²) in [5.41, 5.74) is 0. The molecule has 5 heavy (non-hydrogen) atoms. The van der Waals surface area contributed by atoms with E-state index in [2.05, 4.69) is 0 Å². The van der Waals surface area contributed by atoms with E-state index < -0.39 is 5.97 Å². The molecule has 0 aromatic heterocycles. The van der Waals surface area contributed by atoms with Gasteiger partial charge in [0.2, 0.25) is 0 Å². The fourth-order valence-electron chi connectivity index (χ4n) is 0. The first-order valence-corrected chi connectivity index (χ1v) is 0.928. The largest absolute Gasteiger partial charge is 0.481 e. The molecule has 0 aromatic rings. The monoisotopic (exact) mass is 157 g/mol. The van der Waals surface area contributed by atoms with E-state index in [-0.39, 0.29) is 20.1 Å². The average Bonchev–Trinajstić information content (AvgIpc) is 0.811. The van der Waals surface area contributed by atoms with Gasteiger partial charge in [-0.1, -0.05) is 0 Å². The van der Waals surface area contributed by atoms with Gasteiger partial charge in [-0.15, -0.1) is 0 Å². The van der Waals surface area contributed by atoms with Gasteiger partial charge in [-0.3, -0.25) is 4.79 Å². The maximum atomic E-state index is 9.00. The summed E-state index contributed by atoms with van der Waals surface area (Å²) in [7, 11) is 0. The van der Waals surface area contributed by atoms with Crippen LogP contribution in [0.2, 0.25) is 0 Å². The molecular weight excluding hydrogens is 154 g/mol. The van der Waals surface area contributed by atoms with Crippen LogP contribution >= 0.6 is 0 Å². The van der Waals surface area contributed by atoms with Crippen molar-refractivity contribution in [2.75, 3.05) is 0 Å². The van der Waals surface area contributed by atoms with Crippen molar-refractivity contribution >= 4 is 5.97 Å². The second-order valence-electron chi connectivity index (χ2n) is 0.519. The van der Waals surface area contributed by atoms with Crippen LogP contribution in [-0.2, 0) is 24.9 Å². The van der Waals surface area contributed by atoms with Crippen molar-refractivity contribution in [3.63, 3.8) is 0 Å². The SMILES string of the molecule is CC(=O)O.[Tc]. The van der Waals surface area contributed by atoms with E-state index in [0.29, 0.717) is 0 Å². The van der Waals surface area contributed by atoms with Crippen LogP contribution in [0.4, 0.5) is 0 Å². The van der Waals surface area contributed by atoms with Gasteiger partial charge in [0, 0.05) is 27.0 Å². The topological polar surface area (TPSA) is 37.3 Å². The predicted octanol–water partition coefficient (Wildman–Crippen LogP) is 0.0884. The van der Waals surface area contributed by atoms with Gasteiger partial charge in [0.1, 0.15) is 0 Å². The Balaban J connectivity index is 0. The summed E-state index contributed by atoms with van der Waals surface area (Å²) in [6, 6.07) is 0. The fourth-order valence-corrected chi connectivity index (χ4v) is 0. The summed E-state index contributed by atoms with van der Waals surface area (Å²) >= 11 is 0. The Hall–Kier alpha value is 0.119. The molecule has 0 amide bonds. The van der Waals surface area contributed by atoms with E-state index in [1.165, 1.54) is 0 Å². The van der Waals surface area contributed by atoms with Crippen molar-refractivity contribution < 1.29 is 30.0 Å².